The van der Waals surface area contributed by atoms with Crippen LogP contribution in [0.15, 0.2) is 212 Å². The zero-order valence-electron chi connectivity index (χ0n) is 29.7. The molecular weight excluding hydrogens is 651 g/mol. The summed E-state index contributed by atoms with van der Waals surface area (Å²) >= 11 is 0. The molecule has 54 heavy (non-hydrogen) atoms. The van der Waals surface area contributed by atoms with E-state index in [0.29, 0.717) is 0 Å². The van der Waals surface area contributed by atoms with Crippen LogP contribution in [0.5, 0.6) is 0 Å². The predicted octanol–water partition coefficient (Wildman–Crippen LogP) is 14.5. The fourth-order valence-electron chi connectivity index (χ4n) is 8.09. The fourth-order valence-corrected chi connectivity index (χ4v) is 8.09. The molecule has 0 atom stereocenters. The highest BCUT2D eigenvalue weighted by molar-refractivity contribution is 6.27. The van der Waals surface area contributed by atoms with Crippen LogP contribution in [0.25, 0.3) is 99.2 Å². The number of aromatic nitrogens is 1. The first-order chi connectivity index (χ1) is 26.8. The minimum Gasteiger partial charge on any atom is -0.256 e. The molecule has 1 nitrogen and oxygen atoms in total. The van der Waals surface area contributed by atoms with Crippen molar-refractivity contribution in [2.45, 2.75) is 0 Å². The number of hydrogen-bond acceptors (Lipinski definition) is 1. The Morgan fingerprint density at radius 1 is 0.241 bits per heavy atom. The van der Waals surface area contributed by atoms with E-state index in [9.17, 15) is 0 Å². The molecule has 0 amide bonds. The molecule has 1 aromatic heterocycles. The largest absolute Gasteiger partial charge is 0.256 e. The number of hydrogen-bond donors (Lipinski definition) is 0. The molecule has 0 unspecified atom stereocenters. The lowest BCUT2D eigenvalue weighted by Gasteiger charge is -2.20. The van der Waals surface area contributed by atoms with Gasteiger partial charge in [0.05, 0.1) is 5.52 Å². The monoisotopic (exact) mass is 685 g/mol. The van der Waals surface area contributed by atoms with E-state index in [1.54, 1.807) is 0 Å². The molecule has 0 N–H and O–H groups in total. The molecule has 1 heteroatoms. The van der Waals surface area contributed by atoms with Gasteiger partial charge in [-0.1, -0.05) is 188 Å². The van der Waals surface area contributed by atoms with Gasteiger partial charge in [-0.25, -0.2) is 0 Å². The minimum atomic E-state index is 0.993. The second-order valence-electron chi connectivity index (χ2n) is 13.9. The molecule has 0 aliphatic heterocycles. The summed E-state index contributed by atoms with van der Waals surface area (Å²) in [4.78, 5) is 5.05. The molecule has 252 valence electrons. The quantitative estimate of drug-likeness (QED) is 0.125. The Hall–Kier alpha value is -7.09. The van der Waals surface area contributed by atoms with Crippen LogP contribution in [-0.2, 0) is 0 Å². The summed E-state index contributed by atoms with van der Waals surface area (Å²) < 4.78 is 0. The van der Waals surface area contributed by atoms with Gasteiger partial charge in [0.25, 0.3) is 0 Å². The standard InChI is InChI=1S/C53H35N/c1-3-13-36(14-4-1)38-25-29-40(30-26-38)42-17-11-19-44(33-42)51-46-21-7-8-22-47(46)52(53-48-23-9-10-24-50(48)54-35-49(51)53)45-20-12-18-43(34-45)41-31-27-39(28-32-41)37-15-5-2-6-16-37/h1-35H. The molecule has 0 saturated carbocycles. The van der Waals surface area contributed by atoms with Crippen LogP contribution in [0.1, 0.15) is 0 Å². The third kappa shape index (κ3) is 5.64. The number of pyridine rings is 1. The highest BCUT2D eigenvalue weighted by Gasteiger charge is 2.20. The maximum absolute atomic E-state index is 5.05. The van der Waals surface area contributed by atoms with Gasteiger partial charge in [-0.05, 0) is 95.7 Å². The van der Waals surface area contributed by atoms with Crippen LogP contribution < -0.4 is 0 Å². The number of rotatable bonds is 6. The van der Waals surface area contributed by atoms with Gasteiger partial charge in [0.1, 0.15) is 0 Å². The third-order valence-electron chi connectivity index (χ3n) is 10.7. The topological polar surface area (TPSA) is 12.9 Å². The smallest absolute Gasteiger partial charge is 0.0708 e. The van der Waals surface area contributed by atoms with Crippen molar-refractivity contribution in [2.24, 2.45) is 0 Å². The van der Waals surface area contributed by atoms with E-state index in [0.717, 1.165) is 16.3 Å². The summed E-state index contributed by atoms with van der Waals surface area (Å²) in [6.07, 6.45) is 2.09. The molecule has 0 bridgehead atoms. The van der Waals surface area contributed by atoms with Crippen molar-refractivity contribution in [3.8, 4) is 66.8 Å². The van der Waals surface area contributed by atoms with Crippen molar-refractivity contribution in [1.29, 1.82) is 0 Å². The van der Waals surface area contributed by atoms with E-state index >= 15 is 0 Å². The molecule has 0 fully saturated rings. The van der Waals surface area contributed by atoms with Crippen LogP contribution in [0.3, 0.4) is 0 Å². The van der Waals surface area contributed by atoms with Crippen LogP contribution in [0.2, 0.25) is 0 Å². The molecule has 0 spiro atoms. The number of fused-ring (bicyclic) bond motifs is 4. The van der Waals surface area contributed by atoms with Gasteiger partial charge in [-0.2, -0.15) is 0 Å². The molecule has 10 rings (SSSR count). The number of benzene rings is 9. The second kappa shape index (κ2) is 13.5. The molecule has 0 aliphatic carbocycles. The Balaban J connectivity index is 1.15. The Kier molecular flexibility index (Phi) is 7.89. The lowest BCUT2D eigenvalue weighted by atomic mass is 9.84. The highest BCUT2D eigenvalue weighted by Crippen LogP contribution is 2.46. The van der Waals surface area contributed by atoms with Gasteiger partial charge in [0, 0.05) is 22.4 Å². The molecule has 10 aromatic rings. The summed E-state index contributed by atoms with van der Waals surface area (Å²) in [5, 5.41) is 5.97. The predicted molar refractivity (Wildman–Crippen MR) is 229 cm³/mol. The summed E-state index contributed by atoms with van der Waals surface area (Å²) in [5.41, 5.74) is 15.5. The average Bonchev–Trinajstić information content (AvgIpc) is 3.26. The van der Waals surface area contributed by atoms with E-state index in [1.165, 1.54) is 82.9 Å². The average molecular weight is 686 g/mol. The zero-order chi connectivity index (χ0) is 35.8. The van der Waals surface area contributed by atoms with Crippen molar-refractivity contribution in [3.63, 3.8) is 0 Å². The van der Waals surface area contributed by atoms with Gasteiger partial charge in [0.2, 0.25) is 0 Å². The molecule has 0 radical (unpaired) electrons. The van der Waals surface area contributed by atoms with E-state index in [2.05, 4.69) is 212 Å². The van der Waals surface area contributed by atoms with Gasteiger partial charge in [0.15, 0.2) is 0 Å². The van der Waals surface area contributed by atoms with Gasteiger partial charge in [-0.3, -0.25) is 4.98 Å². The third-order valence-corrected chi connectivity index (χ3v) is 10.7. The Morgan fingerprint density at radius 3 is 1.15 bits per heavy atom. The summed E-state index contributed by atoms with van der Waals surface area (Å²) in [6.45, 7) is 0. The minimum absolute atomic E-state index is 0.993. The zero-order valence-corrected chi connectivity index (χ0v) is 29.7. The summed E-state index contributed by atoms with van der Waals surface area (Å²) in [7, 11) is 0. The van der Waals surface area contributed by atoms with E-state index < -0.39 is 0 Å². The number of para-hydroxylation sites is 1. The van der Waals surface area contributed by atoms with E-state index in [-0.39, 0.29) is 0 Å². The highest BCUT2D eigenvalue weighted by atomic mass is 14.7. The van der Waals surface area contributed by atoms with Crippen LogP contribution in [-0.4, -0.2) is 4.98 Å². The molecule has 1 heterocycles. The van der Waals surface area contributed by atoms with Crippen LogP contribution in [0.4, 0.5) is 0 Å². The van der Waals surface area contributed by atoms with Gasteiger partial charge >= 0.3 is 0 Å². The van der Waals surface area contributed by atoms with E-state index in [1.807, 2.05) is 0 Å². The first-order valence-electron chi connectivity index (χ1n) is 18.5. The molecule has 0 saturated heterocycles. The van der Waals surface area contributed by atoms with Crippen LogP contribution >= 0.6 is 0 Å². The SMILES string of the molecule is c1ccc(-c2ccc(-c3cccc(-c4c5ccccc5c(-c5cccc(-c6ccc(-c7ccccc7)cc6)c5)c5c4cnc4ccccc45)c3)cc2)cc1. The first kappa shape index (κ1) is 31.6. The molecule has 9 aromatic carbocycles. The maximum atomic E-state index is 5.05. The lowest BCUT2D eigenvalue weighted by Crippen LogP contribution is -1.94. The van der Waals surface area contributed by atoms with Crippen molar-refractivity contribution >= 4 is 32.4 Å². The fraction of sp³-hybridized carbons (Fsp3) is 0. The Morgan fingerprint density at radius 2 is 0.611 bits per heavy atom. The second-order valence-corrected chi connectivity index (χ2v) is 13.9. The van der Waals surface area contributed by atoms with E-state index in [4.69, 9.17) is 4.98 Å². The van der Waals surface area contributed by atoms with Crippen LogP contribution in [0, 0.1) is 0 Å². The lowest BCUT2D eigenvalue weighted by molar-refractivity contribution is 1.45. The Labute approximate surface area is 315 Å². The maximum Gasteiger partial charge on any atom is 0.0708 e. The number of nitrogens with zero attached hydrogens (tertiary/aromatic N) is 1. The first-order valence-corrected chi connectivity index (χ1v) is 18.5. The van der Waals surface area contributed by atoms with Crippen molar-refractivity contribution in [2.75, 3.05) is 0 Å². The summed E-state index contributed by atoms with van der Waals surface area (Å²) in [5.74, 6) is 0. The molecular formula is C53H35N. The van der Waals surface area contributed by atoms with Gasteiger partial charge in [-0.15, -0.1) is 0 Å². The summed E-state index contributed by atoms with van der Waals surface area (Å²) in [6, 6.07) is 74.4. The Bertz CT molecular complexity index is 2940. The van der Waals surface area contributed by atoms with Crippen molar-refractivity contribution < 1.29 is 0 Å². The van der Waals surface area contributed by atoms with Crippen molar-refractivity contribution in [3.05, 3.63) is 212 Å². The van der Waals surface area contributed by atoms with Gasteiger partial charge < -0.3 is 0 Å². The normalized spacial score (nSPS) is 11.3. The van der Waals surface area contributed by atoms with Crippen molar-refractivity contribution in [1.82, 2.24) is 4.98 Å². The molecule has 0 aliphatic rings.